The highest BCUT2D eigenvalue weighted by Crippen LogP contribution is 2.13. The number of carbonyl (C=O) groups is 2. The highest BCUT2D eigenvalue weighted by atomic mass is 16.1. The molecule has 1 N–H and O–H groups in total. The third-order valence-corrected chi connectivity index (χ3v) is 2.53. The fourth-order valence-electron chi connectivity index (χ4n) is 1.60. The molecule has 0 aliphatic heterocycles. The molecule has 0 spiro atoms. The van der Waals surface area contributed by atoms with E-state index in [9.17, 15) is 9.59 Å². The van der Waals surface area contributed by atoms with Gasteiger partial charge >= 0.3 is 0 Å². The molecule has 0 aliphatic carbocycles. The van der Waals surface area contributed by atoms with Gasteiger partial charge in [-0.25, -0.2) is 0 Å². The minimum absolute atomic E-state index is 0.0193. The van der Waals surface area contributed by atoms with Crippen molar-refractivity contribution in [3.8, 4) is 0 Å². The van der Waals surface area contributed by atoms with Crippen LogP contribution in [0, 0.1) is 0 Å². The lowest BCUT2D eigenvalue weighted by Gasteiger charge is -2.06. The molecule has 0 saturated carbocycles. The number of rotatable bonds is 6. The lowest BCUT2D eigenvalue weighted by Crippen LogP contribution is -2.09. The number of Topliss-reactive ketones (excluding diaryl/α,β-unsaturated/α-hetero) is 1. The van der Waals surface area contributed by atoms with Crippen LogP contribution in [0.15, 0.2) is 24.3 Å². The van der Waals surface area contributed by atoms with Crippen LogP contribution in [0.1, 0.15) is 38.7 Å². The number of ketones is 1. The van der Waals surface area contributed by atoms with Gasteiger partial charge in [-0.3, -0.25) is 4.79 Å². The molecule has 0 bridgehead atoms. The number of amides is 1. The van der Waals surface area contributed by atoms with Crippen molar-refractivity contribution in [1.82, 2.24) is 0 Å². The fourth-order valence-corrected chi connectivity index (χ4v) is 1.60. The highest BCUT2D eigenvalue weighted by molar-refractivity contribution is 5.90. The Kier molecular flexibility index (Phi) is 5.40. The van der Waals surface area contributed by atoms with Gasteiger partial charge in [0.2, 0.25) is 5.91 Å². The van der Waals surface area contributed by atoms with E-state index in [1.54, 1.807) is 6.92 Å². The van der Waals surface area contributed by atoms with Crippen LogP contribution in [-0.2, 0) is 16.0 Å². The number of aryl methyl sites for hydroxylation is 1. The normalized spacial score (nSPS) is 10.0. The molecular weight excluding hydrogens is 214 g/mol. The Bertz CT molecular complexity index is 399. The van der Waals surface area contributed by atoms with Gasteiger partial charge < -0.3 is 10.1 Å². The standard InChI is InChI=1S/C14H19NO2/c1-3-14(17)15-13-9-5-8-12(10-13)7-4-6-11(2)16/h5,8-10H,3-4,6-7H2,1-2H3,(H,15,17). The minimum Gasteiger partial charge on any atom is -0.326 e. The number of carbonyl (C=O) groups excluding carboxylic acids is 2. The first-order valence-electron chi connectivity index (χ1n) is 6.00. The molecule has 1 aromatic carbocycles. The van der Waals surface area contributed by atoms with Crippen molar-refractivity contribution in [3.05, 3.63) is 29.8 Å². The maximum Gasteiger partial charge on any atom is 0.224 e. The van der Waals surface area contributed by atoms with Crippen molar-refractivity contribution in [3.63, 3.8) is 0 Å². The van der Waals surface area contributed by atoms with E-state index in [4.69, 9.17) is 0 Å². The first kappa shape index (κ1) is 13.4. The van der Waals surface area contributed by atoms with Crippen LogP contribution in [0.4, 0.5) is 5.69 Å². The molecular formula is C14H19NO2. The van der Waals surface area contributed by atoms with E-state index in [1.165, 1.54) is 0 Å². The Morgan fingerprint density at radius 2 is 2.06 bits per heavy atom. The van der Waals surface area contributed by atoms with Crippen molar-refractivity contribution in [2.24, 2.45) is 0 Å². The van der Waals surface area contributed by atoms with Gasteiger partial charge in [-0.15, -0.1) is 0 Å². The van der Waals surface area contributed by atoms with E-state index >= 15 is 0 Å². The summed E-state index contributed by atoms with van der Waals surface area (Å²) in [5.74, 6) is 0.242. The summed E-state index contributed by atoms with van der Waals surface area (Å²) in [5, 5.41) is 2.83. The molecule has 0 radical (unpaired) electrons. The van der Waals surface area contributed by atoms with Crippen molar-refractivity contribution in [2.45, 2.75) is 39.5 Å². The van der Waals surface area contributed by atoms with Gasteiger partial charge in [-0.2, -0.15) is 0 Å². The average Bonchev–Trinajstić information content (AvgIpc) is 2.29. The van der Waals surface area contributed by atoms with Crippen molar-refractivity contribution in [1.29, 1.82) is 0 Å². The molecule has 0 saturated heterocycles. The van der Waals surface area contributed by atoms with Gasteiger partial charge in [0.05, 0.1) is 0 Å². The van der Waals surface area contributed by atoms with E-state index in [-0.39, 0.29) is 11.7 Å². The Labute approximate surface area is 102 Å². The lowest BCUT2D eigenvalue weighted by atomic mass is 10.1. The second-order valence-electron chi connectivity index (χ2n) is 4.16. The van der Waals surface area contributed by atoms with Crippen LogP contribution in [0.2, 0.25) is 0 Å². The summed E-state index contributed by atoms with van der Waals surface area (Å²) in [6.45, 7) is 3.43. The van der Waals surface area contributed by atoms with Crippen LogP contribution in [-0.4, -0.2) is 11.7 Å². The molecule has 3 nitrogen and oxygen atoms in total. The first-order chi connectivity index (χ1) is 8.11. The van der Waals surface area contributed by atoms with Crippen molar-refractivity contribution < 1.29 is 9.59 Å². The molecule has 0 fully saturated rings. The Balaban J connectivity index is 2.53. The number of benzene rings is 1. The molecule has 0 atom stereocenters. The highest BCUT2D eigenvalue weighted by Gasteiger charge is 2.01. The van der Waals surface area contributed by atoms with Crippen LogP contribution >= 0.6 is 0 Å². The van der Waals surface area contributed by atoms with E-state index in [0.29, 0.717) is 12.8 Å². The molecule has 92 valence electrons. The van der Waals surface area contributed by atoms with Crippen molar-refractivity contribution >= 4 is 17.4 Å². The second-order valence-corrected chi connectivity index (χ2v) is 4.16. The monoisotopic (exact) mass is 233 g/mol. The minimum atomic E-state index is 0.0193. The summed E-state index contributed by atoms with van der Waals surface area (Å²) < 4.78 is 0. The Morgan fingerprint density at radius 1 is 1.29 bits per heavy atom. The van der Waals surface area contributed by atoms with E-state index in [0.717, 1.165) is 24.1 Å². The van der Waals surface area contributed by atoms with E-state index < -0.39 is 0 Å². The molecule has 1 rings (SSSR count). The van der Waals surface area contributed by atoms with Gasteiger partial charge in [0.15, 0.2) is 0 Å². The van der Waals surface area contributed by atoms with Crippen LogP contribution in [0.25, 0.3) is 0 Å². The van der Waals surface area contributed by atoms with Crippen LogP contribution < -0.4 is 5.32 Å². The third kappa shape index (κ3) is 5.29. The number of anilines is 1. The number of hydrogen-bond acceptors (Lipinski definition) is 2. The zero-order valence-corrected chi connectivity index (χ0v) is 10.5. The topological polar surface area (TPSA) is 46.2 Å². The smallest absolute Gasteiger partial charge is 0.224 e. The van der Waals surface area contributed by atoms with Crippen molar-refractivity contribution in [2.75, 3.05) is 5.32 Å². The number of hydrogen-bond donors (Lipinski definition) is 1. The largest absolute Gasteiger partial charge is 0.326 e. The summed E-state index contributed by atoms with van der Waals surface area (Å²) in [6.07, 6.45) is 2.83. The summed E-state index contributed by atoms with van der Waals surface area (Å²) >= 11 is 0. The van der Waals surface area contributed by atoms with Gasteiger partial charge in [-0.05, 0) is 37.5 Å². The summed E-state index contributed by atoms with van der Waals surface area (Å²) in [5.41, 5.74) is 1.98. The second kappa shape index (κ2) is 6.84. The molecule has 0 aliphatic rings. The molecule has 0 aromatic heterocycles. The van der Waals surface area contributed by atoms with E-state index in [1.807, 2.05) is 31.2 Å². The molecule has 17 heavy (non-hydrogen) atoms. The Hall–Kier alpha value is -1.64. The Morgan fingerprint density at radius 3 is 2.71 bits per heavy atom. The first-order valence-corrected chi connectivity index (χ1v) is 6.00. The quantitative estimate of drug-likeness (QED) is 0.821. The van der Waals surface area contributed by atoms with Crippen LogP contribution in [0.5, 0.6) is 0 Å². The summed E-state index contributed by atoms with van der Waals surface area (Å²) in [4.78, 5) is 22.1. The molecule has 0 heterocycles. The summed E-state index contributed by atoms with van der Waals surface area (Å²) in [6, 6.07) is 7.78. The molecule has 1 aromatic rings. The van der Waals surface area contributed by atoms with Gasteiger partial charge in [0, 0.05) is 18.5 Å². The lowest BCUT2D eigenvalue weighted by molar-refractivity contribution is -0.117. The number of nitrogens with one attached hydrogen (secondary N) is 1. The molecule has 1 amide bonds. The predicted octanol–water partition coefficient (Wildman–Crippen LogP) is 2.95. The maximum atomic E-state index is 11.2. The molecule has 0 unspecified atom stereocenters. The zero-order chi connectivity index (χ0) is 12.7. The maximum absolute atomic E-state index is 11.2. The summed E-state index contributed by atoms with van der Waals surface area (Å²) in [7, 11) is 0. The SMILES string of the molecule is CCC(=O)Nc1cccc(CCCC(C)=O)c1. The fraction of sp³-hybridized carbons (Fsp3) is 0.429. The van der Waals surface area contributed by atoms with Gasteiger partial charge in [0.25, 0.3) is 0 Å². The van der Waals surface area contributed by atoms with E-state index in [2.05, 4.69) is 5.32 Å². The third-order valence-electron chi connectivity index (χ3n) is 2.53. The average molecular weight is 233 g/mol. The zero-order valence-electron chi connectivity index (χ0n) is 10.5. The van der Waals surface area contributed by atoms with Gasteiger partial charge in [0.1, 0.15) is 5.78 Å². The predicted molar refractivity (Wildman–Crippen MR) is 69.0 cm³/mol. The molecule has 3 heteroatoms. The van der Waals surface area contributed by atoms with Gasteiger partial charge in [-0.1, -0.05) is 19.1 Å². The van der Waals surface area contributed by atoms with Crippen LogP contribution in [0.3, 0.4) is 0 Å².